The molecule has 0 bridgehead atoms. The largest absolute Gasteiger partial charge is 0.382 e. The Hall–Kier alpha value is -0.760. The monoisotopic (exact) mass is 476 g/mol. The van der Waals surface area contributed by atoms with Crippen molar-refractivity contribution in [2.45, 2.75) is 52.5 Å². The van der Waals surface area contributed by atoms with E-state index in [-0.39, 0.29) is 24.0 Å². The van der Waals surface area contributed by atoms with Gasteiger partial charge in [-0.15, -0.1) is 24.0 Å². The second-order valence-electron chi connectivity index (χ2n) is 7.29. The van der Waals surface area contributed by atoms with Crippen LogP contribution in [0.5, 0.6) is 0 Å². The molecule has 2 rings (SSSR count). The zero-order valence-electron chi connectivity index (χ0n) is 17.0. The smallest absolute Gasteiger partial charge is 0.194 e. The summed E-state index contributed by atoms with van der Waals surface area (Å²) >= 11 is 0. The highest BCUT2D eigenvalue weighted by atomic mass is 127. The van der Waals surface area contributed by atoms with Crippen molar-refractivity contribution in [1.29, 1.82) is 0 Å². The minimum Gasteiger partial charge on any atom is -0.382 e. The van der Waals surface area contributed by atoms with Crippen molar-refractivity contribution >= 4 is 29.9 Å². The third-order valence-corrected chi connectivity index (χ3v) is 5.36. The average molecular weight is 476 g/mol. The van der Waals surface area contributed by atoms with Crippen LogP contribution < -0.4 is 5.32 Å². The zero-order valence-corrected chi connectivity index (χ0v) is 19.3. The van der Waals surface area contributed by atoms with Crippen LogP contribution in [0.3, 0.4) is 0 Å². The molecule has 150 valence electrons. The lowest BCUT2D eigenvalue weighted by atomic mass is 9.83. The van der Waals surface area contributed by atoms with E-state index in [0.717, 1.165) is 45.2 Å². The molecule has 0 aromatic carbocycles. The summed E-state index contributed by atoms with van der Waals surface area (Å²) in [4.78, 5) is 7.25. The van der Waals surface area contributed by atoms with Gasteiger partial charge in [-0.05, 0) is 50.7 Å². The highest BCUT2D eigenvalue weighted by molar-refractivity contribution is 14.0. The van der Waals surface area contributed by atoms with Gasteiger partial charge in [-0.3, -0.25) is 4.99 Å². The van der Waals surface area contributed by atoms with Gasteiger partial charge >= 0.3 is 0 Å². The number of aliphatic imine (C=N–C) groups is 1. The molecule has 6 heteroatoms. The maximum absolute atomic E-state index is 5.63. The topological polar surface area (TPSA) is 41.8 Å². The van der Waals surface area contributed by atoms with Crippen molar-refractivity contribution in [1.82, 2.24) is 14.8 Å². The van der Waals surface area contributed by atoms with Gasteiger partial charge in [0, 0.05) is 52.3 Å². The fourth-order valence-electron chi connectivity index (χ4n) is 3.74. The fourth-order valence-corrected chi connectivity index (χ4v) is 3.74. The average Bonchev–Trinajstić information content (AvgIpc) is 3.22. The lowest BCUT2D eigenvalue weighted by Gasteiger charge is -2.29. The highest BCUT2D eigenvalue weighted by Crippen LogP contribution is 2.41. The summed E-state index contributed by atoms with van der Waals surface area (Å²) in [6.45, 7) is 8.53. The van der Waals surface area contributed by atoms with Gasteiger partial charge in [0.1, 0.15) is 0 Å². The molecule has 0 unspecified atom stereocenters. The molecule has 0 atom stereocenters. The first-order chi connectivity index (χ1) is 12.1. The molecular weight excluding hydrogens is 439 g/mol. The Bertz CT molecular complexity index is 538. The first-order valence-corrected chi connectivity index (χ1v) is 9.77. The van der Waals surface area contributed by atoms with E-state index in [0.29, 0.717) is 5.41 Å². The standard InChI is InChI=1S/C20H36N4O.HI/c1-5-21-19(24(4)16-18-10-9-14-23(18)3)22-17-20(11-7-8-12-20)13-15-25-6-2;/h9-10,14H,5-8,11-13,15-17H2,1-4H3,(H,21,22);1H. The summed E-state index contributed by atoms with van der Waals surface area (Å²) in [7, 11) is 4.21. The van der Waals surface area contributed by atoms with Gasteiger partial charge in [-0.25, -0.2) is 0 Å². The molecule has 5 nitrogen and oxygen atoms in total. The third-order valence-electron chi connectivity index (χ3n) is 5.36. The van der Waals surface area contributed by atoms with Crippen LogP contribution in [0.1, 0.15) is 51.6 Å². The number of ether oxygens (including phenoxy) is 1. The van der Waals surface area contributed by atoms with Gasteiger partial charge in [0.25, 0.3) is 0 Å². The van der Waals surface area contributed by atoms with Gasteiger partial charge < -0.3 is 19.5 Å². The molecule has 0 aliphatic heterocycles. The number of aryl methyl sites for hydroxylation is 1. The van der Waals surface area contributed by atoms with Crippen LogP contribution in [0.25, 0.3) is 0 Å². The van der Waals surface area contributed by atoms with Gasteiger partial charge in [0.2, 0.25) is 0 Å². The first kappa shape index (κ1) is 23.3. The SMILES string of the molecule is CCNC(=NCC1(CCOCC)CCCC1)N(C)Cc1cccn1C.I. The Morgan fingerprint density at radius 3 is 2.65 bits per heavy atom. The Labute approximate surface area is 176 Å². The van der Waals surface area contributed by atoms with Gasteiger partial charge in [0.15, 0.2) is 5.96 Å². The van der Waals surface area contributed by atoms with Gasteiger partial charge in [0.05, 0.1) is 6.54 Å². The molecule has 26 heavy (non-hydrogen) atoms. The highest BCUT2D eigenvalue weighted by Gasteiger charge is 2.33. The third kappa shape index (κ3) is 6.76. The lowest BCUT2D eigenvalue weighted by Crippen LogP contribution is -2.39. The van der Waals surface area contributed by atoms with Crippen LogP contribution in [0, 0.1) is 5.41 Å². The zero-order chi connectivity index (χ0) is 18.1. The number of rotatable bonds is 9. The number of nitrogens with zero attached hydrogens (tertiary/aromatic N) is 3. The second kappa shape index (κ2) is 11.8. The normalized spacial score (nSPS) is 16.4. The molecule has 0 saturated heterocycles. The van der Waals surface area contributed by atoms with E-state index in [1.54, 1.807) is 0 Å². The molecule has 0 spiro atoms. The number of halogens is 1. The van der Waals surface area contributed by atoms with Crippen LogP contribution >= 0.6 is 24.0 Å². The number of hydrogen-bond donors (Lipinski definition) is 1. The van der Waals surface area contributed by atoms with Crippen LogP contribution in [0.2, 0.25) is 0 Å². The predicted octanol–water partition coefficient (Wildman–Crippen LogP) is 4.03. The number of guanidine groups is 1. The van der Waals surface area contributed by atoms with E-state index in [9.17, 15) is 0 Å². The quantitative estimate of drug-likeness (QED) is 0.253. The first-order valence-electron chi connectivity index (χ1n) is 9.77. The molecule has 1 N–H and O–H groups in total. The van der Waals surface area contributed by atoms with Crippen molar-refractivity contribution in [3.05, 3.63) is 24.0 Å². The molecule has 1 aliphatic rings. The molecule has 1 aromatic rings. The summed E-state index contributed by atoms with van der Waals surface area (Å²) in [5, 5.41) is 3.46. The summed E-state index contributed by atoms with van der Waals surface area (Å²) in [6, 6.07) is 4.26. The van der Waals surface area contributed by atoms with E-state index in [1.165, 1.54) is 31.4 Å². The predicted molar refractivity (Wildman–Crippen MR) is 120 cm³/mol. The molecule has 0 radical (unpaired) electrons. The van der Waals surface area contributed by atoms with Crippen molar-refractivity contribution in [3.8, 4) is 0 Å². The van der Waals surface area contributed by atoms with Crippen molar-refractivity contribution in [3.63, 3.8) is 0 Å². The fraction of sp³-hybridized carbons (Fsp3) is 0.750. The summed E-state index contributed by atoms with van der Waals surface area (Å²) < 4.78 is 7.80. The van der Waals surface area contributed by atoms with Crippen LogP contribution in [0.15, 0.2) is 23.3 Å². The Morgan fingerprint density at radius 1 is 1.35 bits per heavy atom. The van der Waals surface area contributed by atoms with Crippen LogP contribution in [-0.4, -0.2) is 48.8 Å². The summed E-state index contributed by atoms with van der Waals surface area (Å²) in [5.41, 5.74) is 1.63. The molecule has 1 aromatic heterocycles. The Morgan fingerprint density at radius 2 is 2.08 bits per heavy atom. The van der Waals surface area contributed by atoms with Gasteiger partial charge in [-0.1, -0.05) is 12.8 Å². The van der Waals surface area contributed by atoms with Crippen molar-refractivity contribution in [2.24, 2.45) is 17.5 Å². The summed E-state index contributed by atoms with van der Waals surface area (Å²) in [5.74, 6) is 1.01. The summed E-state index contributed by atoms with van der Waals surface area (Å²) in [6.07, 6.45) is 8.45. The number of nitrogens with one attached hydrogen (secondary N) is 1. The number of hydrogen-bond acceptors (Lipinski definition) is 2. The van der Waals surface area contributed by atoms with E-state index in [1.807, 2.05) is 0 Å². The molecule has 1 fully saturated rings. The maximum atomic E-state index is 5.63. The van der Waals surface area contributed by atoms with Crippen LogP contribution in [-0.2, 0) is 18.3 Å². The van der Waals surface area contributed by atoms with E-state index in [4.69, 9.17) is 9.73 Å². The van der Waals surface area contributed by atoms with Crippen molar-refractivity contribution in [2.75, 3.05) is 33.4 Å². The minimum atomic E-state index is 0. The van der Waals surface area contributed by atoms with E-state index < -0.39 is 0 Å². The molecule has 1 aliphatic carbocycles. The minimum absolute atomic E-state index is 0. The van der Waals surface area contributed by atoms with E-state index >= 15 is 0 Å². The maximum Gasteiger partial charge on any atom is 0.194 e. The second-order valence-corrected chi connectivity index (χ2v) is 7.29. The lowest BCUT2D eigenvalue weighted by molar-refractivity contribution is 0.107. The van der Waals surface area contributed by atoms with Crippen molar-refractivity contribution < 1.29 is 4.74 Å². The van der Waals surface area contributed by atoms with E-state index in [2.05, 4.69) is 61.1 Å². The molecule has 1 saturated carbocycles. The Kier molecular flexibility index (Phi) is 10.6. The number of aromatic nitrogens is 1. The van der Waals surface area contributed by atoms with Gasteiger partial charge in [-0.2, -0.15) is 0 Å². The molecule has 1 heterocycles. The Balaban J connectivity index is 0.00000338. The molecular formula is C20H37IN4O. The molecule has 0 amide bonds. The van der Waals surface area contributed by atoms with Crippen LogP contribution in [0.4, 0.5) is 0 Å².